The highest BCUT2D eigenvalue weighted by molar-refractivity contribution is 5.75. The first-order chi connectivity index (χ1) is 15.2. The normalized spacial score (nSPS) is 14.9. The summed E-state index contributed by atoms with van der Waals surface area (Å²) in [6.07, 6.45) is 4.28. The Labute approximate surface area is 186 Å². The van der Waals surface area contributed by atoms with Crippen LogP contribution in [0, 0.1) is 13.8 Å². The van der Waals surface area contributed by atoms with Gasteiger partial charge in [-0.05, 0) is 69.0 Å². The van der Waals surface area contributed by atoms with Crippen molar-refractivity contribution in [3.8, 4) is 5.75 Å². The lowest BCUT2D eigenvalue weighted by Crippen LogP contribution is -2.37. The van der Waals surface area contributed by atoms with E-state index in [2.05, 4.69) is 65.8 Å². The van der Waals surface area contributed by atoms with Crippen LogP contribution in [0.4, 0.5) is 0 Å². The van der Waals surface area contributed by atoms with Crippen LogP contribution in [0.3, 0.4) is 0 Å². The molecule has 0 bridgehead atoms. The average Bonchev–Trinajstić information content (AvgIpc) is 3.14. The van der Waals surface area contributed by atoms with Crippen LogP contribution < -0.4 is 4.74 Å². The van der Waals surface area contributed by atoms with Gasteiger partial charge in [0, 0.05) is 26.1 Å². The van der Waals surface area contributed by atoms with Crippen molar-refractivity contribution in [1.82, 2.24) is 14.5 Å². The molecule has 2 heterocycles. The number of rotatable bonds is 10. The number of morpholine rings is 1. The Morgan fingerprint density at radius 2 is 1.81 bits per heavy atom. The Hall–Kier alpha value is -2.37. The smallest absolute Gasteiger partial charge is 0.122 e. The third-order valence-electron chi connectivity index (χ3n) is 6.09. The molecular weight excluding hydrogens is 386 g/mol. The van der Waals surface area contributed by atoms with Crippen molar-refractivity contribution in [3.05, 3.63) is 59.4 Å². The minimum atomic E-state index is 0.753. The minimum absolute atomic E-state index is 0.753. The van der Waals surface area contributed by atoms with E-state index >= 15 is 0 Å². The number of ether oxygens (including phenoxy) is 2. The molecule has 0 N–H and O–H groups in total. The number of para-hydroxylation sites is 2. The number of hydrogen-bond donors (Lipinski definition) is 0. The standard InChI is InChI=1S/C26H35N3O2/c1-21-11-12-22(2)25(20-21)31-17-6-5-14-29-24-9-4-3-8-23(24)27-26(29)10-7-13-28-15-18-30-19-16-28/h3-4,8-9,11-12,20H,5-7,10,13-19H2,1-2H3. The zero-order chi connectivity index (χ0) is 21.5. The summed E-state index contributed by atoms with van der Waals surface area (Å²) in [5.41, 5.74) is 4.80. The van der Waals surface area contributed by atoms with E-state index in [1.807, 2.05) is 0 Å². The molecule has 0 amide bonds. The van der Waals surface area contributed by atoms with Crippen molar-refractivity contribution in [3.63, 3.8) is 0 Å². The van der Waals surface area contributed by atoms with Gasteiger partial charge in [-0.3, -0.25) is 4.90 Å². The van der Waals surface area contributed by atoms with Gasteiger partial charge in [-0.2, -0.15) is 0 Å². The van der Waals surface area contributed by atoms with Crippen molar-refractivity contribution in [2.45, 2.75) is 46.1 Å². The fourth-order valence-corrected chi connectivity index (χ4v) is 4.27. The van der Waals surface area contributed by atoms with E-state index in [4.69, 9.17) is 14.5 Å². The zero-order valence-corrected chi connectivity index (χ0v) is 19.0. The van der Waals surface area contributed by atoms with E-state index in [0.29, 0.717) is 0 Å². The highest BCUT2D eigenvalue weighted by atomic mass is 16.5. The molecule has 1 saturated heterocycles. The predicted molar refractivity (Wildman–Crippen MR) is 126 cm³/mol. The quantitative estimate of drug-likeness (QED) is 0.442. The summed E-state index contributed by atoms with van der Waals surface area (Å²) in [6.45, 7) is 10.9. The van der Waals surface area contributed by atoms with Gasteiger partial charge >= 0.3 is 0 Å². The fourth-order valence-electron chi connectivity index (χ4n) is 4.27. The Morgan fingerprint density at radius 3 is 2.68 bits per heavy atom. The van der Waals surface area contributed by atoms with Crippen molar-refractivity contribution in [1.29, 1.82) is 0 Å². The van der Waals surface area contributed by atoms with Crippen LogP contribution in [0.2, 0.25) is 0 Å². The van der Waals surface area contributed by atoms with E-state index in [1.165, 1.54) is 22.5 Å². The van der Waals surface area contributed by atoms with Crippen LogP contribution in [0.5, 0.6) is 5.75 Å². The molecule has 0 saturated carbocycles. The molecular formula is C26H35N3O2. The van der Waals surface area contributed by atoms with E-state index in [1.54, 1.807) is 0 Å². The van der Waals surface area contributed by atoms with Crippen molar-refractivity contribution in [2.75, 3.05) is 39.5 Å². The summed E-state index contributed by atoms with van der Waals surface area (Å²) < 4.78 is 13.9. The van der Waals surface area contributed by atoms with Crippen molar-refractivity contribution >= 4 is 11.0 Å². The van der Waals surface area contributed by atoms with Crippen LogP contribution in [0.15, 0.2) is 42.5 Å². The van der Waals surface area contributed by atoms with Gasteiger partial charge in [0.25, 0.3) is 0 Å². The molecule has 1 aromatic heterocycles. The Balaban J connectivity index is 1.31. The Morgan fingerprint density at radius 1 is 0.968 bits per heavy atom. The maximum atomic E-state index is 6.05. The fraction of sp³-hybridized carbons (Fsp3) is 0.500. The maximum absolute atomic E-state index is 6.05. The zero-order valence-electron chi connectivity index (χ0n) is 19.0. The second kappa shape index (κ2) is 10.8. The lowest BCUT2D eigenvalue weighted by Gasteiger charge is -2.26. The molecule has 5 heteroatoms. The molecule has 0 atom stereocenters. The first kappa shape index (κ1) is 21.8. The Bertz CT molecular complexity index is 976. The number of imidazole rings is 1. The number of aromatic nitrogens is 2. The third-order valence-corrected chi connectivity index (χ3v) is 6.09. The lowest BCUT2D eigenvalue weighted by molar-refractivity contribution is 0.0374. The first-order valence-electron chi connectivity index (χ1n) is 11.6. The summed E-state index contributed by atoms with van der Waals surface area (Å²) in [6, 6.07) is 14.9. The van der Waals surface area contributed by atoms with Crippen molar-refractivity contribution < 1.29 is 9.47 Å². The van der Waals surface area contributed by atoms with Crippen LogP contribution in [-0.4, -0.2) is 53.9 Å². The van der Waals surface area contributed by atoms with Crippen LogP contribution >= 0.6 is 0 Å². The van der Waals surface area contributed by atoms with Crippen molar-refractivity contribution in [2.24, 2.45) is 0 Å². The van der Waals surface area contributed by atoms with Crippen LogP contribution in [0.25, 0.3) is 11.0 Å². The molecule has 1 aliphatic heterocycles. The van der Waals surface area contributed by atoms with Crippen LogP contribution in [-0.2, 0) is 17.7 Å². The van der Waals surface area contributed by atoms with E-state index < -0.39 is 0 Å². The second-order valence-corrected chi connectivity index (χ2v) is 8.55. The van der Waals surface area contributed by atoms with Gasteiger partial charge in [0.1, 0.15) is 11.6 Å². The first-order valence-corrected chi connectivity index (χ1v) is 11.6. The summed E-state index contributed by atoms with van der Waals surface area (Å²) in [4.78, 5) is 7.45. The number of hydrogen-bond acceptors (Lipinski definition) is 4. The number of fused-ring (bicyclic) bond motifs is 1. The largest absolute Gasteiger partial charge is 0.493 e. The minimum Gasteiger partial charge on any atom is -0.493 e. The molecule has 166 valence electrons. The second-order valence-electron chi connectivity index (χ2n) is 8.55. The van der Waals surface area contributed by atoms with Gasteiger partial charge in [0.05, 0.1) is 30.9 Å². The number of nitrogens with zero attached hydrogens (tertiary/aromatic N) is 3. The van der Waals surface area contributed by atoms with Gasteiger partial charge in [-0.1, -0.05) is 24.3 Å². The SMILES string of the molecule is Cc1ccc(C)c(OCCCCn2c(CCCN3CCOCC3)nc3ccccc32)c1. The third kappa shape index (κ3) is 5.86. The summed E-state index contributed by atoms with van der Waals surface area (Å²) in [5.74, 6) is 2.22. The molecule has 1 fully saturated rings. The molecule has 5 nitrogen and oxygen atoms in total. The number of aryl methyl sites for hydroxylation is 4. The summed E-state index contributed by atoms with van der Waals surface area (Å²) in [5, 5.41) is 0. The van der Waals surface area contributed by atoms with Gasteiger partial charge in [-0.15, -0.1) is 0 Å². The van der Waals surface area contributed by atoms with E-state index in [9.17, 15) is 0 Å². The molecule has 0 spiro atoms. The number of unbranched alkanes of at least 4 members (excludes halogenated alkanes) is 1. The predicted octanol–water partition coefficient (Wildman–Crippen LogP) is 4.78. The monoisotopic (exact) mass is 421 g/mol. The maximum Gasteiger partial charge on any atom is 0.122 e. The lowest BCUT2D eigenvalue weighted by atomic mass is 10.1. The highest BCUT2D eigenvalue weighted by Gasteiger charge is 2.13. The van der Waals surface area contributed by atoms with Gasteiger partial charge < -0.3 is 14.0 Å². The average molecular weight is 422 g/mol. The van der Waals surface area contributed by atoms with E-state index in [0.717, 1.165) is 82.9 Å². The molecule has 0 aliphatic carbocycles. The molecule has 0 radical (unpaired) electrons. The highest BCUT2D eigenvalue weighted by Crippen LogP contribution is 2.21. The number of benzene rings is 2. The molecule has 1 aliphatic rings. The van der Waals surface area contributed by atoms with E-state index in [-0.39, 0.29) is 0 Å². The molecule has 31 heavy (non-hydrogen) atoms. The molecule has 3 aromatic rings. The van der Waals surface area contributed by atoms with Gasteiger partial charge in [0.15, 0.2) is 0 Å². The van der Waals surface area contributed by atoms with Gasteiger partial charge in [-0.25, -0.2) is 4.98 Å². The topological polar surface area (TPSA) is 39.5 Å². The molecule has 2 aromatic carbocycles. The molecule has 0 unspecified atom stereocenters. The van der Waals surface area contributed by atoms with Gasteiger partial charge in [0.2, 0.25) is 0 Å². The summed E-state index contributed by atoms with van der Waals surface area (Å²) >= 11 is 0. The molecule has 4 rings (SSSR count). The summed E-state index contributed by atoms with van der Waals surface area (Å²) in [7, 11) is 0. The van der Waals surface area contributed by atoms with Crippen LogP contribution in [0.1, 0.15) is 36.2 Å². The Kier molecular flexibility index (Phi) is 7.60.